The van der Waals surface area contributed by atoms with Gasteiger partial charge >= 0.3 is 0 Å². The topological polar surface area (TPSA) is 70.2 Å². The maximum absolute atomic E-state index is 10.1. The molecule has 0 bridgehead atoms. The second-order valence-corrected chi connectivity index (χ2v) is 2.95. The van der Waals surface area contributed by atoms with Crippen molar-refractivity contribution < 1.29 is 4.79 Å². The lowest BCUT2D eigenvalue weighted by molar-refractivity contribution is -0.109. The summed E-state index contributed by atoms with van der Waals surface area (Å²) in [5.74, 6) is 0.537. The highest BCUT2D eigenvalue weighted by Crippen LogP contribution is 1.95. The highest BCUT2D eigenvalue weighted by molar-refractivity contribution is 5.75. The van der Waals surface area contributed by atoms with Crippen LogP contribution in [0.4, 0.5) is 0 Å². The molecule has 0 aromatic carbocycles. The number of carbonyl (C=O) groups is 1. The molecule has 0 fully saturated rings. The standard InChI is InChI=1S/C8H17N3O/c1-7(9)11(2)5-3-4-8(10)6-12/h6,8-9H,3-5,10H2,1-2H3. The van der Waals surface area contributed by atoms with Gasteiger partial charge in [-0.1, -0.05) is 0 Å². The Morgan fingerprint density at radius 2 is 2.33 bits per heavy atom. The van der Waals surface area contributed by atoms with Crippen LogP contribution in [0.2, 0.25) is 0 Å². The van der Waals surface area contributed by atoms with Gasteiger partial charge < -0.3 is 15.4 Å². The highest BCUT2D eigenvalue weighted by Gasteiger charge is 2.01. The number of nitrogens with zero attached hydrogens (tertiary/aromatic N) is 1. The van der Waals surface area contributed by atoms with E-state index in [9.17, 15) is 4.79 Å². The third kappa shape index (κ3) is 4.85. The van der Waals surface area contributed by atoms with Gasteiger partial charge in [-0.2, -0.15) is 0 Å². The molecule has 1 unspecified atom stereocenters. The number of aldehydes is 1. The normalized spacial score (nSPS) is 12.2. The molecule has 4 nitrogen and oxygen atoms in total. The predicted molar refractivity (Wildman–Crippen MR) is 49.3 cm³/mol. The van der Waals surface area contributed by atoms with Crippen LogP contribution >= 0.6 is 0 Å². The van der Waals surface area contributed by atoms with Gasteiger partial charge in [-0.3, -0.25) is 5.41 Å². The van der Waals surface area contributed by atoms with Crippen molar-refractivity contribution in [2.75, 3.05) is 13.6 Å². The molecule has 0 saturated carbocycles. The number of hydrogen-bond acceptors (Lipinski definition) is 3. The van der Waals surface area contributed by atoms with Crippen molar-refractivity contribution in [3.8, 4) is 0 Å². The molecule has 0 heterocycles. The van der Waals surface area contributed by atoms with Crippen molar-refractivity contribution in [3.63, 3.8) is 0 Å². The van der Waals surface area contributed by atoms with Gasteiger partial charge in [0.05, 0.1) is 11.9 Å². The van der Waals surface area contributed by atoms with Crippen LogP contribution in [0.15, 0.2) is 0 Å². The van der Waals surface area contributed by atoms with Gasteiger partial charge in [0.15, 0.2) is 0 Å². The molecule has 0 radical (unpaired) electrons. The first-order valence-electron chi connectivity index (χ1n) is 4.05. The Hall–Kier alpha value is -0.900. The monoisotopic (exact) mass is 171 g/mol. The first kappa shape index (κ1) is 11.1. The zero-order chi connectivity index (χ0) is 9.56. The average molecular weight is 171 g/mol. The molecule has 0 aromatic heterocycles. The van der Waals surface area contributed by atoms with Crippen LogP contribution in [0.3, 0.4) is 0 Å². The van der Waals surface area contributed by atoms with Gasteiger partial charge in [0.1, 0.15) is 6.29 Å². The van der Waals surface area contributed by atoms with Crippen LogP contribution in [0.25, 0.3) is 0 Å². The summed E-state index contributed by atoms with van der Waals surface area (Å²) in [6.07, 6.45) is 2.31. The molecular formula is C8H17N3O. The van der Waals surface area contributed by atoms with Crippen molar-refractivity contribution in [1.29, 1.82) is 5.41 Å². The molecule has 3 N–H and O–H groups in total. The second-order valence-electron chi connectivity index (χ2n) is 2.95. The molecule has 0 aromatic rings. The number of hydrogen-bond donors (Lipinski definition) is 2. The summed E-state index contributed by atoms with van der Waals surface area (Å²) >= 11 is 0. The summed E-state index contributed by atoms with van der Waals surface area (Å²) in [5.41, 5.74) is 5.40. The zero-order valence-corrected chi connectivity index (χ0v) is 7.71. The van der Waals surface area contributed by atoms with Crippen LogP contribution < -0.4 is 5.73 Å². The van der Waals surface area contributed by atoms with Crippen molar-refractivity contribution >= 4 is 12.1 Å². The van der Waals surface area contributed by atoms with Gasteiger partial charge in [0, 0.05) is 13.6 Å². The first-order chi connectivity index (χ1) is 5.57. The summed E-state index contributed by atoms with van der Waals surface area (Å²) in [6.45, 7) is 2.52. The van der Waals surface area contributed by atoms with E-state index in [1.807, 2.05) is 11.9 Å². The molecule has 0 amide bonds. The quantitative estimate of drug-likeness (QED) is 0.353. The molecular weight excluding hydrogens is 154 g/mol. The number of rotatable bonds is 5. The molecule has 4 heteroatoms. The van der Waals surface area contributed by atoms with Gasteiger partial charge in [-0.25, -0.2) is 0 Å². The van der Waals surface area contributed by atoms with Crippen LogP contribution in [0, 0.1) is 5.41 Å². The van der Waals surface area contributed by atoms with Crippen molar-refractivity contribution in [3.05, 3.63) is 0 Å². The lowest BCUT2D eigenvalue weighted by atomic mass is 10.2. The summed E-state index contributed by atoms with van der Waals surface area (Å²) in [7, 11) is 1.86. The molecule has 0 aliphatic rings. The SMILES string of the molecule is CC(=N)N(C)CCCC(N)C=O. The summed E-state index contributed by atoms with van der Waals surface area (Å²) in [5, 5.41) is 7.26. The van der Waals surface area contributed by atoms with Crippen LogP contribution in [-0.2, 0) is 4.79 Å². The predicted octanol–water partition coefficient (Wildman–Crippen LogP) is 0.222. The van der Waals surface area contributed by atoms with Gasteiger partial charge in [-0.05, 0) is 19.8 Å². The Kier molecular flexibility index (Phi) is 5.28. The molecule has 0 aliphatic carbocycles. The molecule has 0 aliphatic heterocycles. The van der Waals surface area contributed by atoms with Crippen molar-refractivity contribution in [2.24, 2.45) is 5.73 Å². The fourth-order valence-corrected chi connectivity index (χ4v) is 0.800. The summed E-state index contributed by atoms with van der Waals surface area (Å²) < 4.78 is 0. The first-order valence-corrected chi connectivity index (χ1v) is 4.05. The van der Waals surface area contributed by atoms with E-state index in [2.05, 4.69) is 0 Å². The Morgan fingerprint density at radius 3 is 2.75 bits per heavy atom. The van der Waals surface area contributed by atoms with Crippen LogP contribution in [0.5, 0.6) is 0 Å². The second kappa shape index (κ2) is 5.71. The fraction of sp³-hybridized carbons (Fsp3) is 0.750. The van der Waals surface area contributed by atoms with E-state index in [0.29, 0.717) is 12.3 Å². The summed E-state index contributed by atoms with van der Waals surface area (Å²) in [4.78, 5) is 12.0. The van der Waals surface area contributed by atoms with Gasteiger partial charge in [-0.15, -0.1) is 0 Å². The zero-order valence-electron chi connectivity index (χ0n) is 7.71. The Bertz CT molecular complexity index is 158. The smallest absolute Gasteiger partial charge is 0.136 e. The Morgan fingerprint density at radius 1 is 1.75 bits per heavy atom. The fourth-order valence-electron chi connectivity index (χ4n) is 0.800. The van der Waals surface area contributed by atoms with Gasteiger partial charge in [0.2, 0.25) is 0 Å². The maximum Gasteiger partial charge on any atom is 0.136 e. The molecule has 1 atom stereocenters. The van der Waals surface area contributed by atoms with Crippen LogP contribution in [-0.4, -0.2) is 36.7 Å². The third-order valence-corrected chi connectivity index (χ3v) is 1.78. The largest absolute Gasteiger partial charge is 0.364 e. The maximum atomic E-state index is 10.1. The number of nitrogens with two attached hydrogens (primary N) is 1. The minimum Gasteiger partial charge on any atom is -0.364 e. The average Bonchev–Trinajstić information content (AvgIpc) is 2.03. The van der Waals surface area contributed by atoms with Gasteiger partial charge in [0.25, 0.3) is 0 Å². The van der Waals surface area contributed by atoms with E-state index < -0.39 is 0 Å². The minimum atomic E-state index is -0.343. The number of carbonyl (C=O) groups excluding carboxylic acids is 1. The van der Waals surface area contributed by atoms with Crippen LogP contribution in [0.1, 0.15) is 19.8 Å². The lowest BCUT2D eigenvalue weighted by Crippen LogP contribution is -2.27. The Labute approximate surface area is 73.2 Å². The minimum absolute atomic E-state index is 0.343. The molecule has 0 spiro atoms. The summed E-state index contributed by atoms with van der Waals surface area (Å²) in [6, 6.07) is -0.343. The highest BCUT2D eigenvalue weighted by atomic mass is 16.1. The van der Waals surface area contributed by atoms with Crippen molar-refractivity contribution in [1.82, 2.24) is 4.90 Å². The lowest BCUT2D eigenvalue weighted by Gasteiger charge is -2.17. The van der Waals surface area contributed by atoms with E-state index in [0.717, 1.165) is 19.3 Å². The molecule has 0 saturated heterocycles. The van der Waals surface area contributed by atoms with E-state index in [4.69, 9.17) is 11.1 Å². The molecule has 12 heavy (non-hydrogen) atoms. The Balaban J connectivity index is 3.43. The number of nitrogens with one attached hydrogen (secondary N) is 1. The van der Waals surface area contributed by atoms with E-state index >= 15 is 0 Å². The van der Waals surface area contributed by atoms with Crippen molar-refractivity contribution in [2.45, 2.75) is 25.8 Å². The number of amidine groups is 1. The molecule has 0 rings (SSSR count). The third-order valence-electron chi connectivity index (χ3n) is 1.78. The van der Waals surface area contributed by atoms with E-state index in [1.54, 1.807) is 6.92 Å². The molecule has 70 valence electrons. The van der Waals surface area contributed by atoms with E-state index in [1.165, 1.54) is 0 Å². The van der Waals surface area contributed by atoms with E-state index in [-0.39, 0.29) is 6.04 Å².